The molecule has 2 fully saturated rings. The predicted octanol–water partition coefficient (Wildman–Crippen LogP) is 17.6. The molecule has 0 radical (unpaired) electrons. The number of rotatable bonds is 14. The van der Waals surface area contributed by atoms with E-state index in [0.717, 1.165) is 120 Å². The second-order valence-corrected chi connectivity index (χ2v) is 27.8. The Morgan fingerprint density at radius 2 is 0.829 bits per heavy atom. The third-order valence-corrected chi connectivity index (χ3v) is 18.2. The normalized spacial score (nSPS) is 14.1. The third kappa shape index (κ3) is 15.8. The molecule has 0 amide bonds. The van der Waals surface area contributed by atoms with Gasteiger partial charge in [0.15, 0.2) is 8.32 Å². The van der Waals surface area contributed by atoms with Gasteiger partial charge in [-0.1, -0.05) is 150 Å². The van der Waals surface area contributed by atoms with Crippen molar-refractivity contribution in [2.75, 3.05) is 0 Å². The molecule has 6 nitrogen and oxygen atoms in total. The van der Waals surface area contributed by atoms with Gasteiger partial charge in [0, 0.05) is 22.0 Å². The van der Waals surface area contributed by atoms with Crippen LogP contribution in [0.2, 0.25) is 19.6 Å². The summed E-state index contributed by atoms with van der Waals surface area (Å²) in [5, 5.41) is 10.6. The maximum atomic E-state index is 14.6. The van der Waals surface area contributed by atoms with Crippen LogP contribution in [0.15, 0.2) is 109 Å². The highest BCUT2D eigenvalue weighted by Crippen LogP contribution is 2.44. The lowest BCUT2D eigenvalue weighted by molar-refractivity contribution is -0.193. The molecular formula is C73H86F2O6Si. The molecule has 82 heavy (non-hydrogen) atoms. The van der Waals surface area contributed by atoms with Crippen molar-refractivity contribution in [1.82, 2.24) is 0 Å². The summed E-state index contributed by atoms with van der Waals surface area (Å²) in [5.41, 5.74) is 16.3. The second kappa shape index (κ2) is 29.4. The molecule has 0 atom stereocenters. The molecule has 0 aliphatic heterocycles. The highest BCUT2D eigenvalue weighted by Gasteiger charge is 2.38. The third-order valence-electron chi connectivity index (χ3n) is 17.2. The molecule has 0 bridgehead atoms. The van der Waals surface area contributed by atoms with Crippen LogP contribution in [-0.2, 0) is 47.3 Å². The second-order valence-electron chi connectivity index (χ2n) is 23.3. The Kier molecular flexibility index (Phi) is 23.7. The van der Waals surface area contributed by atoms with E-state index >= 15 is 0 Å². The average molecular weight is 1130 g/mol. The van der Waals surface area contributed by atoms with Crippen LogP contribution in [0.3, 0.4) is 0 Å². The molecule has 6 aromatic rings. The van der Waals surface area contributed by atoms with Crippen molar-refractivity contribution in [3.05, 3.63) is 188 Å². The molecule has 0 heterocycles. The van der Waals surface area contributed by atoms with Crippen molar-refractivity contribution in [2.45, 2.75) is 201 Å². The largest absolute Gasteiger partial charge is 0.402 e. The summed E-state index contributed by atoms with van der Waals surface area (Å²) in [5.74, 6) is 13.3. The minimum atomic E-state index is -1.69. The first-order chi connectivity index (χ1) is 39.0. The standard InChI is InChI=1S/C37H47FOSi.C34H39FO.2CO2/c1-9-29-14-15-31(26-35(29)38)34-19-18-33(25-28(34)5)37(10-2,11-3)32-17-16-30(27(4)24-32)20-23-36(21-12-13-22-36)39-40(6,7)8;1-6-26-11-12-28(23-32(26)35)31-16-15-30(22-25(31)5)34(7-2,8-3)29-14-13-27(24(4)21-29)17-20-33(36)18-9-10-19-33;2*2-1-3/h14-19,24-26H,9-13,21-22H2,1-8H3;11-16,21-23,36H,6-10,18-19H2,1-5H3;;. The number of halogens is 2. The minimum absolute atomic E-state index is 0.0923. The van der Waals surface area contributed by atoms with Crippen molar-refractivity contribution < 1.29 is 37.5 Å². The van der Waals surface area contributed by atoms with Gasteiger partial charge in [-0.25, -0.2) is 8.78 Å². The zero-order valence-corrected chi connectivity index (χ0v) is 52.0. The van der Waals surface area contributed by atoms with E-state index < -0.39 is 13.9 Å². The van der Waals surface area contributed by atoms with Gasteiger partial charge >= 0.3 is 12.3 Å². The summed E-state index contributed by atoms with van der Waals surface area (Å²) in [6.45, 7) is 28.4. The molecule has 0 saturated heterocycles. The van der Waals surface area contributed by atoms with Crippen LogP contribution in [0.25, 0.3) is 22.3 Å². The molecule has 6 aromatic carbocycles. The van der Waals surface area contributed by atoms with Gasteiger partial charge in [-0.2, -0.15) is 19.2 Å². The topological polar surface area (TPSA) is 97.7 Å². The van der Waals surface area contributed by atoms with Crippen molar-refractivity contribution >= 4 is 20.6 Å². The van der Waals surface area contributed by atoms with Gasteiger partial charge < -0.3 is 9.53 Å². The van der Waals surface area contributed by atoms with Gasteiger partial charge in [0.25, 0.3) is 0 Å². The Labute approximate surface area is 490 Å². The summed E-state index contributed by atoms with van der Waals surface area (Å²) >= 11 is 0. The van der Waals surface area contributed by atoms with E-state index in [2.05, 4.69) is 172 Å². The molecule has 8 rings (SSSR count). The first kappa shape index (κ1) is 66.0. The SMILES string of the molecule is CCc1ccc(-c2ccc(C(CC)(CC)c3ccc(C#CC4(O)CCCC4)c(C)c3)cc2C)cc1F.CCc1ccc(-c2ccc(C(CC)(CC)c3ccc(C#CC4(O[Si](C)(C)C)CCCC4)c(C)c3)cc2C)cc1F.O=C=O.O=C=O. The van der Waals surface area contributed by atoms with Gasteiger partial charge in [0.2, 0.25) is 0 Å². The lowest BCUT2D eigenvalue weighted by Crippen LogP contribution is -2.39. The summed E-state index contributed by atoms with van der Waals surface area (Å²) < 4.78 is 35.7. The number of hydrogen-bond donors (Lipinski definition) is 1. The smallest absolute Gasteiger partial charge is 0.373 e. The fourth-order valence-electron chi connectivity index (χ4n) is 12.5. The summed E-state index contributed by atoms with van der Waals surface area (Å²) in [4.78, 5) is 32.5. The van der Waals surface area contributed by atoms with E-state index in [0.29, 0.717) is 12.8 Å². The lowest BCUT2D eigenvalue weighted by Gasteiger charge is -2.34. The van der Waals surface area contributed by atoms with E-state index in [1.54, 1.807) is 12.1 Å². The molecule has 0 spiro atoms. The fourth-order valence-corrected chi connectivity index (χ4v) is 13.9. The van der Waals surface area contributed by atoms with Crippen LogP contribution in [0, 0.1) is 63.0 Å². The van der Waals surface area contributed by atoms with Crippen LogP contribution in [0.1, 0.15) is 185 Å². The minimum Gasteiger partial charge on any atom is -0.402 e. The summed E-state index contributed by atoms with van der Waals surface area (Å²) in [6, 6.07) is 38.1. The predicted molar refractivity (Wildman–Crippen MR) is 330 cm³/mol. The zero-order chi connectivity index (χ0) is 60.5. The summed E-state index contributed by atoms with van der Waals surface area (Å²) in [7, 11) is -1.69. The van der Waals surface area contributed by atoms with Crippen LogP contribution < -0.4 is 0 Å². The zero-order valence-electron chi connectivity index (χ0n) is 51.0. The fraction of sp³-hybridized carbons (Fsp3) is 0.425. The Morgan fingerprint density at radius 3 is 1.15 bits per heavy atom. The molecule has 0 aromatic heterocycles. The first-order valence-electron chi connectivity index (χ1n) is 29.5. The quantitative estimate of drug-likeness (QED) is 0.0862. The Morgan fingerprint density at radius 1 is 0.488 bits per heavy atom. The molecule has 2 aliphatic carbocycles. The van der Waals surface area contributed by atoms with Crippen LogP contribution in [-0.4, -0.2) is 36.9 Å². The number of aliphatic hydroxyl groups is 1. The molecule has 432 valence electrons. The number of carbonyl (C=O) groups excluding carboxylic acids is 4. The van der Waals surface area contributed by atoms with E-state index in [1.165, 1.54) is 46.2 Å². The number of benzene rings is 6. The number of hydrogen-bond acceptors (Lipinski definition) is 6. The van der Waals surface area contributed by atoms with E-state index in [-0.39, 0.29) is 40.4 Å². The highest BCUT2D eigenvalue weighted by molar-refractivity contribution is 6.69. The van der Waals surface area contributed by atoms with Gasteiger partial charge in [-0.05, 0) is 239 Å². The van der Waals surface area contributed by atoms with Crippen molar-refractivity contribution in [1.29, 1.82) is 0 Å². The van der Waals surface area contributed by atoms with Crippen LogP contribution >= 0.6 is 0 Å². The Hall–Kier alpha value is -6.80. The van der Waals surface area contributed by atoms with E-state index in [4.69, 9.17) is 23.6 Å². The van der Waals surface area contributed by atoms with Crippen molar-refractivity contribution in [3.8, 4) is 45.9 Å². The maximum absolute atomic E-state index is 14.6. The monoisotopic (exact) mass is 1120 g/mol. The maximum Gasteiger partial charge on any atom is 0.373 e. The summed E-state index contributed by atoms with van der Waals surface area (Å²) in [6.07, 6.45) is 14.0. The molecule has 9 heteroatoms. The first-order valence-corrected chi connectivity index (χ1v) is 32.9. The Bertz CT molecular complexity index is 3340. The molecule has 0 unspecified atom stereocenters. The van der Waals surface area contributed by atoms with Crippen molar-refractivity contribution in [3.63, 3.8) is 0 Å². The van der Waals surface area contributed by atoms with Crippen LogP contribution in [0.5, 0.6) is 0 Å². The number of aryl methyl sites for hydroxylation is 6. The van der Waals surface area contributed by atoms with E-state index in [1.807, 2.05) is 38.1 Å². The average Bonchev–Trinajstić information content (AvgIpc) is 2.77. The van der Waals surface area contributed by atoms with Gasteiger partial charge in [0.1, 0.15) is 22.8 Å². The molecule has 2 saturated carbocycles. The van der Waals surface area contributed by atoms with Gasteiger partial charge in [-0.3, -0.25) is 0 Å². The molecule has 1 N–H and O–H groups in total. The van der Waals surface area contributed by atoms with Gasteiger partial charge in [-0.15, -0.1) is 0 Å². The van der Waals surface area contributed by atoms with Crippen molar-refractivity contribution in [2.24, 2.45) is 0 Å². The lowest BCUT2D eigenvalue weighted by atomic mass is 9.69. The van der Waals surface area contributed by atoms with E-state index in [9.17, 15) is 13.9 Å². The highest BCUT2D eigenvalue weighted by atomic mass is 28.4. The molecule has 2 aliphatic rings. The Balaban J connectivity index is 0.000000276. The van der Waals surface area contributed by atoms with Crippen LogP contribution in [0.4, 0.5) is 8.78 Å². The van der Waals surface area contributed by atoms with Gasteiger partial charge in [0.05, 0.1) is 0 Å². The molecular weight excluding hydrogens is 1040 g/mol.